The van der Waals surface area contributed by atoms with Gasteiger partial charge in [0.15, 0.2) is 0 Å². The van der Waals surface area contributed by atoms with Crippen LogP contribution in [0.5, 0.6) is 0 Å². The molecule has 4 aromatic rings. The van der Waals surface area contributed by atoms with Crippen molar-refractivity contribution in [3.8, 4) is 5.69 Å². The molecule has 0 N–H and O–H groups in total. The van der Waals surface area contributed by atoms with Crippen LogP contribution in [0.25, 0.3) is 16.7 Å². The predicted octanol–water partition coefficient (Wildman–Crippen LogP) is 3.86. The lowest BCUT2D eigenvalue weighted by atomic mass is 10.2. The quantitative estimate of drug-likeness (QED) is 0.535. The molecule has 0 fully saturated rings. The number of halogens is 1. The summed E-state index contributed by atoms with van der Waals surface area (Å²) in [6, 6.07) is 14.1. The second-order valence-corrected chi connectivity index (χ2v) is 5.80. The molecule has 0 unspecified atom stereocenters. The Labute approximate surface area is 144 Å². The summed E-state index contributed by atoms with van der Waals surface area (Å²) < 4.78 is 16.7. The zero-order chi connectivity index (χ0) is 17.4. The van der Waals surface area contributed by atoms with Gasteiger partial charge >= 0.3 is 0 Å². The van der Waals surface area contributed by atoms with E-state index in [1.165, 1.54) is 12.1 Å². The maximum absolute atomic E-state index is 13.1. The molecular weight excluding hydrogens is 317 g/mol. The summed E-state index contributed by atoms with van der Waals surface area (Å²) in [7, 11) is 0. The van der Waals surface area contributed by atoms with E-state index in [4.69, 9.17) is 0 Å². The van der Waals surface area contributed by atoms with Crippen molar-refractivity contribution in [2.75, 3.05) is 0 Å². The van der Waals surface area contributed by atoms with Crippen molar-refractivity contribution in [3.63, 3.8) is 0 Å². The van der Waals surface area contributed by atoms with Crippen molar-refractivity contribution in [2.24, 2.45) is 5.10 Å². The number of fused-ring (bicyclic) bond motifs is 1. The van der Waals surface area contributed by atoms with Gasteiger partial charge in [-0.3, -0.25) is 0 Å². The number of imidazole rings is 1. The maximum Gasteiger partial charge on any atom is 0.123 e. The van der Waals surface area contributed by atoms with Gasteiger partial charge in [0.2, 0.25) is 0 Å². The van der Waals surface area contributed by atoms with E-state index in [9.17, 15) is 4.39 Å². The molecule has 5 nitrogen and oxygen atoms in total. The maximum atomic E-state index is 13.1. The number of benzene rings is 2. The Morgan fingerprint density at radius 1 is 1.04 bits per heavy atom. The third-order valence-electron chi connectivity index (χ3n) is 4.16. The van der Waals surface area contributed by atoms with Crippen LogP contribution in [-0.4, -0.2) is 25.7 Å². The van der Waals surface area contributed by atoms with Crippen molar-refractivity contribution in [2.45, 2.75) is 13.8 Å². The molecule has 2 aromatic heterocycles. The van der Waals surface area contributed by atoms with Crippen LogP contribution in [0.15, 0.2) is 60.0 Å². The Hall–Kier alpha value is -3.28. The minimum absolute atomic E-state index is 0.265. The van der Waals surface area contributed by atoms with E-state index >= 15 is 0 Å². The number of aromatic nitrogens is 4. The number of hydrogen-bond acceptors (Lipinski definition) is 3. The third-order valence-corrected chi connectivity index (χ3v) is 4.16. The van der Waals surface area contributed by atoms with Gasteiger partial charge in [0, 0.05) is 5.56 Å². The zero-order valence-corrected chi connectivity index (χ0v) is 13.9. The summed E-state index contributed by atoms with van der Waals surface area (Å²) >= 11 is 0. The average molecular weight is 333 g/mol. The predicted molar refractivity (Wildman–Crippen MR) is 95.7 cm³/mol. The normalized spacial score (nSPS) is 11.6. The molecule has 4 rings (SSSR count). The van der Waals surface area contributed by atoms with Crippen molar-refractivity contribution in [1.82, 2.24) is 19.4 Å². The molecule has 0 aliphatic carbocycles. The summed E-state index contributed by atoms with van der Waals surface area (Å²) in [4.78, 5) is 4.33. The van der Waals surface area contributed by atoms with Crippen LogP contribution in [-0.2, 0) is 0 Å². The highest BCUT2D eigenvalue weighted by Crippen LogP contribution is 2.17. The molecule has 0 atom stereocenters. The highest BCUT2D eigenvalue weighted by atomic mass is 19.1. The van der Waals surface area contributed by atoms with E-state index in [-0.39, 0.29) is 5.82 Å². The van der Waals surface area contributed by atoms with Crippen molar-refractivity contribution in [3.05, 3.63) is 77.6 Å². The zero-order valence-electron chi connectivity index (χ0n) is 13.9. The number of rotatable bonds is 3. The second-order valence-electron chi connectivity index (χ2n) is 5.80. The van der Waals surface area contributed by atoms with Gasteiger partial charge in [0.1, 0.15) is 12.1 Å². The van der Waals surface area contributed by atoms with Gasteiger partial charge in [-0.05, 0) is 50.2 Å². The molecule has 0 bridgehead atoms. The third kappa shape index (κ3) is 2.71. The first-order valence-electron chi connectivity index (χ1n) is 7.92. The molecule has 0 saturated heterocycles. The molecule has 124 valence electrons. The fourth-order valence-electron chi connectivity index (χ4n) is 2.83. The topological polar surface area (TPSA) is 48.0 Å². The van der Waals surface area contributed by atoms with Crippen molar-refractivity contribution >= 4 is 17.2 Å². The van der Waals surface area contributed by atoms with E-state index in [2.05, 4.69) is 15.2 Å². The molecule has 0 spiro atoms. The lowest BCUT2D eigenvalue weighted by molar-refractivity contribution is 0.627. The first kappa shape index (κ1) is 15.3. The van der Waals surface area contributed by atoms with E-state index in [1.54, 1.807) is 34.0 Å². The minimum atomic E-state index is -0.265. The van der Waals surface area contributed by atoms with Crippen LogP contribution in [0.3, 0.4) is 0 Å². The Morgan fingerprint density at radius 3 is 2.60 bits per heavy atom. The molecule has 2 aromatic carbocycles. The average Bonchev–Trinajstić information content (AvgIpc) is 3.15. The molecule has 0 saturated carbocycles. The molecular formula is C19H16FN5. The lowest BCUT2D eigenvalue weighted by Crippen LogP contribution is -1.99. The van der Waals surface area contributed by atoms with Gasteiger partial charge in [0.25, 0.3) is 0 Å². The van der Waals surface area contributed by atoms with Crippen LogP contribution in [0.2, 0.25) is 0 Å². The Morgan fingerprint density at radius 2 is 1.80 bits per heavy atom. The summed E-state index contributed by atoms with van der Waals surface area (Å²) in [6.45, 7) is 3.90. The fourth-order valence-corrected chi connectivity index (χ4v) is 2.83. The van der Waals surface area contributed by atoms with Crippen LogP contribution < -0.4 is 0 Å². The summed E-state index contributed by atoms with van der Waals surface area (Å²) in [5, 5.41) is 9.07. The fraction of sp³-hybridized carbons (Fsp3) is 0.105. The molecule has 0 aliphatic rings. The van der Waals surface area contributed by atoms with Gasteiger partial charge in [-0.15, -0.1) is 0 Å². The van der Waals surface area contributed by atoms with Crippen LogP contribution in [0, 0.1) is 19.7 Å². The SMILES string of the molecule is Cc1nn(-c2ccc(F)cc2)c(C)c1/C=N\n1cnc2ccccc21. The standard InChI is InChI=1S/C19H16FN5/c1-13-17(11-22-24-12-21-18-5-3-4-6-19(18)24)14(2)25(23-13)16-9-7-15(20)8-10-16/h3-12H,1-2H3/b22-11-. The molecule has 25 heavy (non-hydrogen) atoms. The monoisotopic (exact) mass is 333 g/mol. The van der Waals surface area contributed by atoms with E-state index in [1.807, 2.05) is 38.1 Å². The Kier molecular flexibility index (Phi) is 3.65. The Balaban J connectivity index is 1.72. The first-order valence-corrected chi connectivity index (χ1v) is 7.92. The summed E-state index contributed by atoms with van der Waals surface area (Å²) in [6.07, 6.45) is 3.47. The van der Waals surface area contributed by atoms with Gasteiger partial charge < -0.3 is 0 Å². The van der Waals surface area contributed by atoms with E-state index < -0.39 is 0 Å². The highest BCUT2D eigenvalue weighted by molar-refractivity contribution is 5.83. The van der Waals surface area contributed by atoms with Gasteiger partial charge in [-0.25, -0.2) is 18.7 Å². The number of para-hydroxylation sites is 2. The number of hydrogen-bond donors (Lipinski definition) is 0. The smallest absolute Gasteiger partial charge is 0.123 e. The minimum Gasteiger partial charge on any atom is -0.237 e. The first-order chi connectivity index (χ1) is 12.1. The van der Waals surface area contributed by atoms with Crippen LogP contribution in [0.1, 0.15) is 17.0 Å². The number of aryl methyl sites for hydroxylation is 1. The summed E-state index contributed by atoms with van der Waals surface area (Å²) in [5.41, 5.74) is 5.39. The second kappa shape index (κ2) is 5.98. The number of nitrogens with zero attached hydrogens (tertiary/aromatic N) is 5. The Bertz CT molecular complexity index is 1070. The van der Waals surface area contributed by atoms with Crippen molar-refractivity contribution < 1.29 is 4.39 Å². The highest BCUT2D eigenvalue weighted by Gasteiger charge is 2.11. The van der Waals surface area contributed by atoms with Gasteiger partial charge in [-0.1, -0.05) is 12.1 Å². The molecule has 2 heterocycles. The lowest BCUT2D eigenvalue weighted by Gasteiger charge is -2.04. The van der Waals surface area contributed by atoms with E-state index in [0.29, 0.717) is 0 Å². The van der Waals surface area contributed by atoms with Crippen LogP contribution >= 0.6 is 0 Å². The van der Waals surface area contributed by atoms with E-state index in [0.717, 1.165) is 33.7 Å². The van der Waals surface area contributed by atoms with Gasteiger partial charge in [0.05, 0.1) is 34.3 Å². The summed E-state index contributed by atoms with van der Waals surface area (Å²) in [5.74, 6) is -0.265. The molecule has 6 heteroatoms. The van der Waals surface area contributed by atoms with Crippen LogP contribution in [0.4, 0.5) is 4.39 Å². The molecule has 0 radical (unpaired) electrons. The molecule has 0 aliphatic heterocycles. The van der Waals surface area contributed by atoms with Gasteiger partial charge in [-0.2, -0.15) is 10.2 Å². The van der Waals surface area contributed by atoms with Crippen molar-refractivity contribution in [1.29, 1.82) is 0 Å². The largest absolute Gasteiger partial charge is 0.237 e. The molecule has 0 amide bonds.